The molecule has 0 aromatic carbocycles. The lowest BCUT2D eigenvalue weighted by Crippen LogP contribution is -2.33. The highest BCUT2D eigenvalue weighted by Crippen LogP contribution is 2.30. The maximum absolute atomic E-state index is 11.7. The van der Waals surface area contributed by atoms with E-state index in [-0.39, 0.29) is 17.1 Å². The molecule has 1 aliphatic rings. The maximum atomic E-state index is 11.7. The lowest BCUT2D eigenvalue weighted by atomic mass is 10.1. The van der Waals surface area contributed by atoms with Gasteiger partial charge in [0, 0.05) is 0 Å². The molecule has 0 spiro atoms. The fourth-order valence-electron chi connectivity index (χ4n) is 2.24. The molecule has 15 heteroatoms. The number of nitrogens with one attached hydrogen (secondary N) is 1. The van der Waals surface area contributed by atoms with Crippen LogP contribution in [0, 0.1) is 0 Å². The Bertz CT molecular complexity index is 901. The van der Waals surface area contributed by atoms with E-state index in [1.54, 1.807) is 0 Å². The summed E-state index contributed by atoms with van der Waals surface area (Å²) in [5.74, 6) is -0.101. The number of hydrogen-bond donors (Lipinski definition) is 7. The van der Waals surface area contributed by atoms with Crippen LogP contribution in [0.25, 0.3) is 11.2 Å². The second kappa shape index (κ2) is 7.00. The quantitative estimate of drug-likeness (QED) is 0.253. The molecule has 0 aliphatic carbocycles. The van der Waals surface area contributed by atoms with Crippen molar-refractivity contribution in [3.8, 4) is 0 Å². The van der Waals surface area contributed by atoms with Crippen LogP contribution in [0.15, 0.2) is 11.1 Å². The van der Waals surface area contributed by atoms with Gasteiger partial charge in [-0.05, 0) is 0 Å². The monoisotopic (exact) mass is 381 g/mol. The van der Waals surface area contributed by atoms with Gasteiger partial charge in [-0.15, -0.1) is 0 Å². The predicted molar refractivity (Wildman–Crippen MR) is 79.7 cm³/mol. The standard InChI is InChI=1S/C10H13N5O5.H2O4S/c11-10-13-7-4(8(19)14-10)12-2-15(7)9-6(18)5(17)3(1-16)20-9;1-5(2,3)4/h2-3,5-6,9,16-18H,1H2,(H3,11,13,14,19);(H2,1,2,3,4)/t3-,5-,6-,9-;/m1./s1. The molecule has 1 aliphatic heterocycles. The van der Waals surface area contributed by atoms with Crippen LogP contribution in [0.2, 0.25) is 0 Å². The van der Waals surface area contributed by atoms with E-state index in [0.29, 0.717) is 0 Å². The first-order valence-electron chi connectivity index (χ1n) is 6.57. The van der Waals surface area contributed by atoms with Crippen molar-refractivity contribution in [1.29, 1.82) is 0 Å². The Kier molecular flexibility index (Phi) is 5.37. The lowest BCUT2D eigenvalue weighted by Gasteiger charge is -2.16. The van der Waals surface area contributed by atoms with Crippen molar-refractivity contribution in [2.75, 3.05) is 12.3 Å². The van der Waals surface area contributed by atoms with Gasteiger partial charge in [0.1, 0.15) is 18.3 Å². The molecule has 0 amide bonds. The number of fused-ring (bicyclic) bond motifs is 1. The first-order chi connectivity index (χ1) is 11.5. The first-order valence-corrected chi connectivity index (χ1v) is 7.97. The highest BCUT2D eigenvalue weighted by molar-refractivity contribution is 7.79. The molecule has 3 heterocycles. The SMILES string of the molecule is Nc1nc2c(ncn2[C@@H]2O[C@H](CO)[C@@H](O)[C@H]2O)c(=O)[nH]1.O=S(=O)(O)O. The van der Waals surface area contributed by atoms with Gasteiger partial charge in [0.25, 0.3) is 5.56 Å². The highest BCUT2D eigenvalue weighted by Gasteiger charge is 2.44. The first kappa shape index (κ1) is 19.2. The van der Waals surface area contributed by atoms with Crippen molar-refractivity contribution in [1.82, 2.24) is 19.5 Å². The van der Waals surface area contributed by atoms with Crippen molar-refractivity contribution in [2.45, 2.75) is 24.5 Å². The summed E-state index contributed by atoms with van der Waals surface area (Å²) in [5, 5.41) is 28.7. The number of aromatic nitrogens is 4. The van der Waals surface area contributed by atoms with E-state index in [2.05, 4.69) is 15.0 Å². The number of anilines is 1. The molecule has 3 rings (SSSR count). The zero-order chi connectivity index (χ0) is 18.9. The Labute approximate surface area is 139 Å². The third-order valence-corrected chi connectivity index (χ3v) is 3.24. The fraction of sp³-hybridized carbons (Fsp3) is 0.500. The summed E-state index contributed by atoms with van der Waals surface area (Å²) in [6.45, 7) is -0.447. The van der Waals surface area contributed by atoms with Crippen LogP contribution >= 0.6 is 0 Å². The lowest BCUT2D eigenvalue weighted by molar-refractivity contribution is -0.0511. The molecule has 140 valence electrons. The summed E-state index contributed by atoms with van der Waals surface area (Å²) in [7, 11) is -4.67. The molecule has 2 aromatic rings. The molecule has 0 radical (unpaired) electrons. The third kappa shape index (κ3) is 4.28. The van der Waals surface area contributed by atoms with E-state index in [0.717, 1.165) is 0 Å². The van der Waals surface area contributed by atoms with Crippen molar-refractivity contribution in [3.63, 3.8) is 0 Å². The second-order valence-electron chi connectivity index (χ2n) is 4.95. The number of hydrogen-bond acceptors (Lipinski definition) is 10. The molecule has 1 saturated heterocycles. The van der Waals surface area contributed by atoms with Gasteiger partial charge >= 0.3 is 10.4 Å². The topological polar surface area (TPSA) is 234 Å². The largest absolute Gasteiger partial charge is 0.394 e. The van der Waals surface area contributed by atoms with Crippen LogP contribution in [-0.4, -0.2) is 77.3 Å². The summed E-state index contributed by atoms with van der Waals surface area (Å²) < 4.78 is 38.2. The van der Waals surface area contributed by atoms with Crippen LogP contribution in [0.5, 0.6) is 0 Å². The summed E-state index contributed by atoms with van der Waals surface area (Å²) in [6, 6.07) is 0. The summed E-state index contributed by atoms with van der Waals surface area (Å²) in [4.78, 5) is 21.8. The molecule has 0 unspecified atom stereocenters. The van der Waals surface area contributed by atoms with Gasteiger partial charge < -0.3 is 25.8 Å². The van der Waals surface area contributed by atoms with Gasteiger partial charge in [-0.2, -0.15) is 13.4 Å². The van der Waals surface area contributed by atoms with Crippen molar-refractivity contribution in [3.05, 3.63) is 16.7 Å². The zero-order valence-electron chi connectivity index (χ0n) is 12.3. The number of aliphatic hydroxyl groups excluding tert-OH is 3. The molecular formula is C10H15N5O9S. The minimum Gasteiger partial charge on any atom is -0.394 e. The Morgan fingerprint density at radius 2 is 1.92 bits per heavy atom. The van der Waals surface area contributed by atoms with Gasteiger partial charge in [-0.3, -0.25) is 23.5 Å². The molecule has 8 N–H and O–H groups in total. The van der Waals surface area contributed by atoms with Crippen molar-refractivity contribution in [2.24, 2.45) is 0 Å². The molecule has 2 aromatic heterocycles. The van der Waals surface area contributed by atoms with Gasteiger partial charge in [0.2, 0.25) is 5.95 Å². The number of ether oxygens (including phenoxy) is 1. The second-order valence-corrected chi connectivity index (χ2v) is 5.85. The molecular weight excluding hydrogens is 366 g/mol. The molecule has 0 bridgehead atoms. The zero-order valence-corrected chi connectivity index (χ0v) is 13.1. The summed E-state index contributed by atoms with van der Waals surface area (Å²) in [6.07, 6.45) is -3.21. The molecule has 0 saturated carbocycles. The molecule has 1 fully saturated rings. The van der Waals surface area contributed by atoms with Gasteiger partial charge in [0.15, 0.2) is 17.4 Å². The maximum Gasteiger partial charge on any atom is 0.394 e. The highest BCUT2D eigenvalue weighted by atomic mass is 32.3. The molecule has 25 heavy (non-hydrogen) atoms. The van der Waals surface area contributed by atoms with E-state index < -0.39 is 47.1 Å². The Morgan fingerprint density at radius 3 is 2.44 bits per heavy atom. The Hall–Kier alpha value is -2.14. The smallest absolute Gasteiger partial charge is 0.394 e. The third-order valence-electron chi connectivity index (χ3n) is 3.24. The van der Waals surface area contributed by atoms with E-state index in [4.69, 9.17) is 33.1 Å². The minimum atomic E-state index is -4.67. The Balaban J connectivity index is 0.000000399. The number of aliphatic hydroxyl groups is 3. The number of nitrogens with zero attached hydrogens (tertiary/aromatic N) is 3. The van der Waals surface area contributed by atoms with Gasteiger partial charge in [0.05, 0.1) is 12.9 Å². The van der Waals surface area contributed by atoms with Crippen LogP contribution in [0.1, 0.15) is 6.23 Å². The van der Waals surface area contributed by atoms with Crippen LogP contribution in [0.4, 0.5) is 5.95 Å². The van der Waals surface area contributed by atoms with E-state index in [9.17, 15) is 15.0 Å². The Morgan fingerprint density at radius 1 is 1.32 bits per heavy atom. The van der Waals surface area contributed by atoms with Crippen LogP contribution in [-0.2, 0) is 15.1 Å². The molecule has 14 nitrogen and oxygen atoms in total. The van der Waals surface area contributed by atoms with Crippen LogP contribution < -0.4 is 11.3 Å². The summed E-state index contributed by atoms with van der Waals surface area (Å²) in [5.41, 5.74) is 5.12. The average Bonchev–Trinajstić information content (AvgIpc) is 3.00. The van der Waals surface area contributed by atoms with E-state index >= 15 is 0 Å². The average molecular weight is 381 g/mol. The number of rotatable bonds is 2. The minimum absolute atomic E-state index is 0.0388. The van der Waals surface area contributed by atoms with Gasteiger partial charge in [-0.25, -0.2) is 4.98 Å². The van der Waals surface area contributed by atoms with Gasteiger partial charge in [-0.1, -0.05) is 0 Å². The number of imidazole rings is 1. The fourth-order valence-corrected chi connectivity index (χ4v) is 2.24. The number of nitrogen functional groups attached to an aromatic ring is 1. The predicted octanol–water partition coefficient (Wildman–Crippen LogP) is -3.34. The van der Waals surface area contributed by atoms with Crippen LogP contribution in [0.3, 0.4) is 0 Å². The van der Waals surface area contributed by atoms with Crippen molar-refractivity contribution >= 4 is 27.5 Å². The normalized spacial score (nSPS) is 26.4. The van der Waals surface area contributed by atoms with Crippen molar-refractivity contribution < 1.29 is 37.6 Å². The van der Waals surface area contributed by atoms with E-state index in [1.807, 2.05) is 0 Å². The number of aromatic amines is 1. The number of H-pyrrole nitrogens is 1. The van der Waals surface area contributed by atoms with E-state index in [1.165, 1.54) is 10.9 Å². The number of nitrogens with two attached hydrogens (primary N) is 1. The summed E-state index contributed by atoms with van der Waals surface area (Å²) >= 11 is 0. The molecule has 4 atom stereocenters.